The van der Waals surface area contributed by atoms with Gasteiger partial charge in [0.05, 0.1) is 19.2 Å². The van der Waals surface area contributed by atoms with Crippen molar-refractivity contribution in [1.82, 2.24) is 14.8 Å². The molecule has 5 rings (SSSR count). The van der Waals surface area contributed by atoms with Gasteiger partial charge < -0.3 is 14.0 Å². The maximum atomic E-state index is 5.78. The van der Waals surface area contributed by atoms with Crippen molar-refractivity contribution >= 4 is 10.9 Å². The first-order valence-electron chi connectivity index (χ1n) is 10.8. The molecule has 0 radical (unpaired) electrons. The lowest BCUT2D eigenvalue weighted by atomic mass is 10.0. The van der Waals surface area contributed by atoms with Crippen molar-refractivity contribution in [3.63, 3.8) is 0 Å². The zero-order chi connectivity index (χ0) is 22.1. The van der Waals surface area contributed by atoms with E-state index in [4.69, 9.17) is 9.47 Å². The van der Waals surface area contributed by atoms with E-state index in [-0.39, 0.29) is 0 Å². The number of aryl methyl sites for hydroxylation is 1. The van der Waals surface area contributed by atoms with Crippen LogP contribution in [0.2, 0.25) is 0 Å². The van der Waals surface area contributed by atoms with Crippen LogP contribution in [0.3, 0.4) is 0 Å². The zero-order valence-corrected chi connectivity index (χ0v) is 18.5. The summed E-state index contributed by atoms with van der Waals surface area (Å²) in [6.45, 7) is 5.49. The van der Waals surface area contributed by atoms with Gasteiger partial charge in [-0.2, -0.15) is 0 Å². The number of hydrogen-bond donors (Lipinski definition) is 0. The van der Waals surface area contributed by atoms with E-state index in [9.17, 15) is 0 Å². The molecule has 0 unspecified atom stereocenters. The molecule has 0 atom stereocenters. The van der Waals surface area contributed by atoms with E-state index in [1.54, 1.807) is 7.11 Å². The summed E-state index contributed by atoms with van der Waals surface area (Å²) in [5, 5.41) is 10.2. The van der Waals surface area contributed by atoms with E-state index in [0.29, 0.717) is 6.61 Å². The Kier molecular flexibility index (Phi) is 5.23. The number of rotatable bonds is 6. The Balaban J connectivity index is 1.70. The quantitative estimate of drug-likeness (QED) is 0.338. The number of methoxy groups -OCH3 is 1. The molecular weight excluding hydrogens is 398 g/mol. The summed E-state index contributed by atoms with van der Waals surface area (Å²) in [6, 6.07) is 22.8. The molecule has 2 heterocycles. The first kappa shape index (κ1) is 20.1. The van der Waals surface area contributed by atoms with E-state index in [2.05, 4.69) is 64.3 Å². The Labute approximate surface area is 187 Å². The molecule has 3 aromatic carbocycles. The molecule has 0 fully saturated rings. The summed E-state index contributed by atoms with van der Waals surface area (Å²) < 4.78 is 13.4. The fraction of sp³-hybridized carbons (Fsp3) is 0.185. The van der Waals surface area contributed by atoms with Gasteiger partial charge in [0.25, 0.3) is 0 Å². The maximum Gasteiger partial charge on any atom is 0.120 e. The highest BCUT2D eigenvalue weighted by Gasteiger charge is 2.21. The lowest BCUT2D eigenvalue weighted by Gasteiger charge is -2.16. The van der Waals surface area contributed by atoms with Crippen LogP contribution in [-0.4, -0.2) is 28.5 Å². The van der Waals surface area contributed by atoms with Gasteiger partial charge in [-0.05, 0) is 61.9 Å². The van der Waals surface area contributed by atoms with Gasteiger partial charge in [-0.3, -0.25) is 0 Å². The van der Waals surface area contributed by atoms with E-state index in [1.807, 2.05) is 37.3 Å². The highest BCUT2D eigenvalue weighted by atomic mass is 16.5. The molecule has 5 heteroatoms. The summed E-state index contributed by atoms with van der Waals surface area (Å²) in [5.74, 6) is 1.66. The second-order valence-corrected chi connectivity index (χ2v) is 7.90. The van der Waals surface area contributed by atoms with E-state index in [1.165, 1.54) is 11.1 Å². The molecule has 0 aliphatic carbocycles. The average molecular weight is 424 g/mol. The number of ether oxygens (including phenoxy) is 2. The second kappa shape index (κ2) is 8.35. The summed E-state index contributed by atoms with van der Waals surface area (Å²) >= 11 is 0. The Morgan fingerprint density at radius 1 is 0.875 bits per heavy atom. The topological polar surface area (TPSA) is 49.2 Å². The molecule has 32 heavy (non-hydrogen) atoms. The normalized spacial score (nSPS) is 11.2. The number of benzene rings is 3. The van der Waals surface area contributed by atoms with Crippen LogP contribution in [0, 0.1) is 6.92 Å². The van der Waals surface area contributed by atoms with Crippen LogP contribution in [0.4, 0.5) is 0 Å². The Hall–Kier alpha value is -3.86. The predicted molar refractivity (Wildman–Crippen MR) is 128 cm³/mol. The van der Waals surface area contributed by atoms with Crippen molar-refractivity contribution in [3.05, 3.63) is 84.1 Å². The highest BCUT2D eigenvalue weighted by molar-refractivity contribution is 5.98. The molecule has 0 aromatic heterocycles. The van der Waals surface area contributed by atoms with E-state index < -0.39 is 0 Å². The molecule has 3 aromatic rings. The van der Waals surface area contributed by atoms with Gasteiger partial charge in [-0.25, -0.2) is 0 Å². The molecule has 0 amide bonds. The molecule has 2 aliphatic heterocycles. The standard InChI is InChI=1S/C27H25N3O2/c1-4-32-22-12-13-25-23(15-22)27-24(17-30(25)16-19-7-5-6-18(2)14-19)26(28-29-27)20-8-10-21(31-3)11-9-20/h5-15,17H,4,16H2,1-3H3. The van der Waals surface area contributed by atoms with Gasteiger partial charge in [0.15, 0.2) is 0 Å². The van der Waals surface area contributed by atoms with E-state index >= 15 is 0 Å². The minimum atomic E-state index is 0.620. The van der Waals surface area contributed by atoms with Crippen LogP contribution in [0.5, 0.6) is 11.5 Å². The van der Waals surface area contributed by atoms with Gasteiger partial charge >= 0.3 is 0 Å². The van der Waals surface area contributed by atoms with Crippen molar-refractivity contribution < 1.29 is 9.47 Å². The Bertz CT molecular complexity index is 1360. The van der Waals surface area contributed by atoms with Crippen molar-refractivity contribution in [2.75, 3.05) is 13.7 Å². The fourth-order valence-corrected chi connectivity index (χ4v) is 4.18. The third-order valence-electron chi connectivity index (χ3n) is 5.69. The zero-order valence-electron chi connectivity index (χ0n) is 18.5. The summed E-state index contributed by atoms with van der Waals surface area (Å²) in [5.41, 5.74) is 7.38. The molecule has 0 saturated carbocycles. The van der Waals surface area contributed by atoms with Crippen molar-refractivity contribution in [2.24, 2.45) is 0 Å². The number of nitrogens with zero attached hydrogens (tertiary/aromatic N) is 3. The van der Waals surface area contributed by atoms with Crippen LogP contribution >= 0.6 is 0 Å². The van der Waals surface area contributed by atoms with Crippen LogP contribution in [0.25, 0.3) is 33.4 Å². The monoisotopic (exact) mass is 423 g/mol. The lowest BCUT2D eigenvalue weighted by Crippen LogP contribution is -2.04. The maximum absolute atomic E-state index is 5.78. The summed E-state index contributed by atoms with van der Waals surface area (Å²) in [6.07, 6.45) is 2.17. The molecule has 160 valence electrons. The minimum Gasteiger partial charge on any atom is -0.497 e. The number of hydrogen-bond acceptors (Lipinski definition) is 4. The molecular formula is C27H25N3O2. The van der Waals surface area contributed by atoms with Gasteiger partial charge in [0.1, 0.15) is 22.9 Å². The molecule has 5 nitrogen and oxygen atoms in total. The predicted octanol–water partition coefficient (Wildman–Crippen LogP) is 5.97. The second-order valence-electron chi connectivity index (χ2n) is 7.90. The van der Waals surface area contributed by atoms with Crippen molar-refractivity contribution in [1.29, 1.82) is 0 Å². The minimum absolute atomic E-state index is 0.620. The largest absolute Gasteiger partial charge is 0.497 e. The van der Waals surface area contributed by atoms with Gasteiger partial charge in [-0.1, -0.05) is 29.8 Å². The Morgan fingerprint density at radius 3 is 2.41 bits per heavy atom. The third kappa shape index (κ3) is 3.66. The van der Waals surface area contributed by atoms with Crippen LogP contribution in [-0.2, 0) is 6.54 Å². The number of fused-ring (bicyclic) bond motifs is 3. The average Bonchev–Trinajstić information content (AvgIpc) is 3.23. The summed E-state index contributed by atoms with van der Waals surface area (Å²) in [4.78, 5) is 0. The van der Waals surface area contributed by atoms with Crippen LogP contribution in [0.1, 0.15) is 18.1 Å². The molecule has 0 N–H and O–H groups in total. The first-order chi connectivity index (χ1) is 15.7. The summed E-state index contributed by atoms with van der Waals surface area (Å²) in [7, 11) is 1.67. The number of aromatic nitrogens is 3. The SMILES string of the molecule is CCOc1ccc2c(c1)c1nnc(-c3ccc(OC)cc3)c-1cn2Cc1cccc(C)c1. The van der Waals surface area contributed by atoms with Crippen LogP contribution in [0.15, 0.2) is 72.9 Å². The molecule has 2 aliphatic rings. The van der Waals surface area contributed by atoms with Gasteiger partial charge in [0, 0.05) is 29.3 Å². The van der Waals surface area contributed by atoms with Gasteiger partial charge in [0.2, 0.25) is 0 Å². The molecule has 0 saturated heterocycles. The number of pyridine rings is 1. The highest BCUT2D eigenvalue weighted by Crippen LogP contribution is 2.38. The smallest absolute Gasteiger partial charge is 0.120 e. The van der Waals surface area contributed by atoms with E-state index in [0.717, 1.165) is 51.5 Å². The van der Waals surface area contributed by atoms with Crippen LogP contribution < -0.4 is 9.47 Å². The Morgan fingerprint density at radius 2 is 1.66 bits per heavy atom. The molecule has 0 spiro atoms. The van der Waals surface area contributed by atoms with Gasteiger partial charge in [-0.15, -0.1) is 10.2 Å². The lowest BCUT2D eigenvalue weighted by molar-refractivity contribution is 0.340. The molecule has 0 bridgehead atoms. The first-order valence-corrected chi connectivity index (χ1v) is 10.8. The third-order valence-corrected chi connectivity index (χ3v) is 5.69. The van der Waals surface area contributed by atoms with Crippen molar-refractivity contribution in [3.8, 4) is 34.0 Å². The van der Waals surface area contributed by atoms with Crippen molar-refractivity contribution in [2.45, 2.75) is 20.4 Å². The fourth-order valence-electron chi connectivity index (χ4n) is 4.18.